The number of carboxylic acid groups (broad SMARTS) is 1. The highest BCUT2D eigenvalue weighted by Crippen LogP contribution is 2.36. The minimum absolute atomic E-state index is 0.0907. The van der Waals surface area contributed by atoms with Crippen LogP contribution in [0.5, 0.6) is 0 Å². The van der Waals surface area contributed by atoms with Crippen LogP contribution in [0.1, 0.15) is 17.9 Å². The van der Waals surface area contributed by atoms with E-state index in [4.69, 9.17) is 23.2 Å². The number of rotatable bonds is 4. The molecule has 1 heterocycles. The molecule has 2 atom stereocenters. The van der Waals surface area contributed by atoms with Gasteiger partial charge in [0.25, 0.3) is 0 Å². The zero-order valence-corrected chi connectivity index (χ0v) is 15.3. The molecule has 0 spiro atoms. The van der Waals surface area contributed by atoms with Gasteiger partial charge in [0.15, 0.2) is 0 Å². The second kappa shape index (κ2) is 6.96. The Morgan fingerprint density at radius 1 is 1.08 bits per heavy atom. The number of hydrogen-bond acceptors (Lipinski definition) is 3. The van der Waals surface area contributed by atoms with Gasteiger partial charge in [0.05, 0.1) is 4.90 Å². The van der Waals surface area contributed by atoms with Crippen molar-refractivity contribution < 1.29 is 18.3 Å². The van der Waals surface area contributed by atoms with Crippen molar-refractivity contribution in [3.05, 3.63) is 64.1 Å². The first-order valence-corrected chi connectivity index (χ1v) is 9.74. The van der Waals surface area contributed by atoms with E-state index in [9.17, 15) is 18.3 Å². The van der Waals surface area contributed by atoms with E-state index < -0.39 is 22.0 Å². The molecule has 0 amide bonds. The molecule has 0 aliphatic carbocycles. The summed E-state index contributed by atoms with van der Waals surface area (Å²) in [6.07, 6.45) is 0.215. The van der Waals surface area contributed by atoms with Gasteiger partial charge in [-0.05, 0) is 36.1 Å². The van der Waals surface area contributed by atoms with Crippen molar-refractivity contribution in [2.24, 2.45) is 0 Å². The summed E-state index contributed by atoms with van der Waals surface area (Å²) in [6, 6.07) is 12.1. The molecule has 25 heavy (non-hydrogen) atoms. The van der Waals surface area contributed by atoms with Gasteiger partial charge in [-0.2, -0.15) is 4.31 Å². The summed E-state index contributed by atoms with van der Waals surface area (Å²) in [5.41, 5.74) is 0.913. The number of carbonyl (C=O) groups is 1. The SMILES string of the molecule is O=C(O)[C@@H]1C[C@H](c2ccccc2)CN1S(=O)(=O)c1cc(Cl)cc(Cl)c1. The summed E-state index contributed by atoms with van der Waals surface area (Å²) in [7, 11) is -4.04. The summed E-state index contributed by atoms with van der Waals surface area (Å²) in [4.78, 5) is 11.5. The van der Waals surface area contributed by atoms with Gasteiger partial charge < -0.3 is 5.11 Å². The average Bonchev–Trinajstić information content (AvgIpc) is 3.01. The Labute approximate surface area is 155 Å². The summed E-state index contributed by atoms with van der Waals surface area (Å²) < 4.78 is 27.0. The molecule has 1 aliphatic heterocycles. The van der Waals surface area contributed by atoms with E-state index in [0.29, 0.717) is 0 Å². The zero-order chi connectivity index (χ0) is 18.2. The first-order chi connectivity index (χ1) is 11.8. The van der Waals surface area contributed by atoms with E-state index in [-0.39, 0.29) is 33.8 Å². The smallest absolute Gasteiger partial charge is 0.322 e. The van der Waals surface area contributed by atoms with Crippen LogP contribution in [-0.2, 0) is 14.8 Å². The average molecular weight is 400 g/mol. The highest BCUT2D eigenvalue weighted by atomic mass is 35.5. The van der Waals surface area contributed by atoms with E-state index in [1.807, 2.05) is 30.3 Å². The predicted molar refractivity (Wildman–Crippen MR) is 95.6 cm³/mol. The summed E-state index contributed by atoms with van der Waals surface area (Å²) in [5, 5.41) is 9.86. The van der Waals surface area contributed by atoms with Crippen LogP contribution in [-0.4, -0.2) is 36.4 Å². The number of benzene rings is 2. The molecule has 1 N–H and O–H groups in total. The van der Waals surface area contributed by atoms with Crippen LogP contribution < -0.4 is 0 Å². The van der Waals surface area contributed by atoms with Crippen molar-refractivity contribution in [3.63, 3.8) is 0 Å². The molecule has 0 radical (unpaired) electrons. The minimum atomic E-state index is -4.04. The fraction of sp³-hybridized carbons (Fsp3) is 0.235. The van der Waals surface area contributed by atoms with Crippen LogP contribution >= 0.6 is 23.2 Å². The van der Waals surface area contributed by atoms with E-state index >= 15 is 0 Å². The van der Waals surface area contributed by atoms with Crippen LogP contribution in [0, 0.1) is 0 Å². The number of nitrogens with zero attached hydrogens (tertiary/aromatic N) is 1. The van der Waals surface area contributed by atoms with Crippen LogP contribution in [0.3, 0.4) is 0 Å². The van der Waals surface area contributed by atoms with Crippen molar-refractivity contribution in [1.29, 1.82) is 0 Å². The maximum Gasteiger partial charge on any atom is 0.322 e. The first kappa shape index (κ1) is 18.2. The molecule has 1 aliphatic rings. The maximum atomic E-state index is 13.0. The van der Waals surface area contributed by atoms with E-state index in [2.05, 4.69) is 0 Å². The zero-order valence-electron chi connectivity index (χ0n) is 13.0. The second-order valence-electron chi connectivity index (χ2n) is 5.88. The number of halogens is 2. The molecule has 2 aromatic carbocycles. The molecule has 3 rings (SSSR count). The third-order valence-electron chi connectivity index (χ3n) is 4.25. The van der Waals surface area contributed by atoms with Crippen LogP contribution in [0.15, 0.2) is 53.4 Å². The molecule has 8 heteroatoms. The third kappa shape index (κ3) is 3.67. The van der Waals surface area contributed by atoms with Gasteiger partial charge in [-0.25, -0.2) is 8.42 Å². The van der Waals surface area contributed by atoms with Crippen molar-refractivity contribution in [2.75, 3.05) is 6.54 Å². The van der Waals surface area contributed by atoms with E-state index in [1.165, 1.54) is 18.2 Å². The highest BCUT2D eigenvalue weighted by Gasteiger charge is 2.44. The van der Waals surface area contributed by atoms with E-state index in [1.54, 1.807) is 0 Å². The Morgan fingerprint density at radius 2 is 1.68 bits per heavy atom. The van der Waals surface area contributed by atoms with Crippen LogP contribution in [0.4, 0.5) is 0 Å². The monoisotopic (exact) mass is 399 g/mol. The lowest BCUT2D eigenvalue weighted by atomic mass is 9.96. The predicted octanol–water partition coefficient (Wildman–Crippen LogP) is 3.62. The Bertz CT molecular complexity index is 882. The van der Waals surface area contributed by atoms with Crippen molar-refractivity contribution in [2.45, 2.75) is 23.3 Å². The van der Waals surface area contributed by atoms with Gasteiger partial charge in [0, 0.05) is 16.6 Å². The van der Waals surface area contributed by atoms with Gasteiger partial charge in [0.1, 0.15) is 6.04 Å². The fourth-order valence-corrected chi connectivity index (χ4v) is 5.44. The van der Waals surface area contributed by atoms with Gasteiger partial charge >= 0.3 is 5.97 Å². The lowest BCUT2D eigenvalue weighted by molar-refractivity contribution is -0.140. The molecule has 2 aromatic rings. The molecule has 5 nitrogen and oxygen atoms in total. The third-order valence-corrected chi connectivity index (χ3v) is 6.54. The van der Waals surface area contributed by atoms with Crippen molar-refractivity contribution >= 4 is 39.2 Å². The Hall–Kier alpha value is -1.60. The standard InChI is InChI=1S/C17H15Cl2NO4S/c18-13-7-14(19)9-15(8-13)25(23,24)20-10-12(6-16(20)17(21)22)11-4-2-1-3-5-11/h1-5,7-9,12,16H,6,10H2,(H,21,22)/t12-,16-/m0/s1. The molecule has 0 aromatic heterocycles. The molecule has 0 bridgehead atoms. The number of sulfonamides is 1. The molecular weight excluding hydrogens is 385 g/mol. The molecule has 132 valence electrons. The first-order valence-electron chi connectivity index (χ1n) is 7.54. The number of aliphatic carboxylic acids is 1. The Balaban J connectivity index is 1.99. The van der Waals surface area contributed by atoms with Gasteiger partial charge in [-0.3, -0.25) is 4.79 Å². The summed E-state index contributed by atoms with van der Waals surface area (Å²) in [6.45, 7) is 0.0907. The maximum absolute atomic E-state index is 13.0. The van der Waals surface area contributed by atoms with Crippen LogP contribution in [0.2, 0.25) is 10.0 Å². The fourth-order valence-electron chi connectivity index (χ4n) is 3.08. The largest absolute Gasteiger partial charge is 0.480 e. The van der Waals surface area contributed by atoms with Gasteiger partial charge in [-0.15, -0.1) is 0 Å². The Morgan fingerprint density at radius 3 is 2.24 bits per heavy atom. The van der Waals surface area contributed by atoms with E-state index in [0.717, 1.165) is 9.87 Å². The second-order valence-corrected chi connectivity index (χ2v) is 8.64. The van der Waals surface area contributed by atoms with Crippen molar-refractivity contribution in [3.8, 4) is 0 Å². The molecule has 0 saturated carbocycles. The topological polar surface area (TPSA) is 74.7 Å². The summed E-state index contributed by atoms with van der Waals surface area (Å²) in [5.74, 6) is -1.36. The van der Waals surface area contributed by atoms with Gasteiger partial charge in [-0.1, -0.05) is 53.5 Å². The number of hydrogen-bond donors (Lipinski definition) is 1. The lowest BCUT2D eigenvalue weighted by Gasteiger charge is -2.21. The summed E-state index contributed by atoms with van der Waals surface area (Å²) >= 11 is 11.8. The minimum Gasteiger partial charge on any atom is -0.480 e. The highest BCUT2D eigenvalue weighted by molar-refractivity contribution is 7.89. The lowest BCUT2D eigenvalue weighted by Crippen LogP contribution is -2.40. The Kier molecular flexibility index (Phi) is 5.06. The molecule has 1 saturated heterocycles. The number of carboxylic acids is 1. The van der Waals surface area contributed by atoms with Crippen LogP contribution in [0.25, 0.3) is 0 Å². The van der Waals surface area contributed by atoms with Gasteiger partial charge in [0.2, 0.25) is 10.0 Å². The quantitative estimate of drug-likeness (QED) is 0.851. The molecule has 0 unspecified atom stereocenters. The normalized spacial score (nSPS) is 21.4. The van der Waals surface area contributed by atoms with Crippen molar-refractivity contribution in [1.82, 2.24) is 4.31 Å². The molecule has 1 fully saturated rings. The molecular formula is C17H15Cl2NO4S.